The third-order valence-electron chi connectivity index (χ3n) is 6.57. The Morgan fingerprint density at radius 3 is 1.33 bits per heavy atom. The third-order valence-corrected chi connectivity index (χ3v) is 10.7. The lowest BCUT2D eigenvalue weighted by molar-refractivity contribution is -0.275. The summed E-state index contributed by atoms with van der Waals surface area (Å²) in [6, 6.07) is 45.8. The molecule has 51 heavy (non-hydrogen) atoms. The highest BCUT2D eigenvalue weighted by Gasteiger charge is 2.45. The zero-order valence-corrected chi connectivity index (χ0v) is 28.1. The van der Waals surface area contributed by atoms with E-state index >= 15 is 0 Å². The third kappa shape index (κ3) is 13.7. The van der Waals surface area contributed by atoms with Gasteiger partial charge in [-0.05, 0) is 72.3 Å². The quantitative estimate of drug-likeness (QED) is 0.0841. The second kappa shape index (κ2) is 20.2. The minimum absolute atomic E-state index is 0. The van der Waals surface area contributed by atoms with Crippen LogP contribution in [0.25, 0.3) is 6.08 Å². The van der Waals surface area contributed by atoms with Crippen LogP contribution >= 0.6 is 7.26 Å². The summed E-state index contributed by atoms with van der Waals surface area (Å²) >= 11 is 0. The van der Waals surface area contributed by atoms with Crippen LogP contribution in [0.15, 0.2) is 146 Å². The first-order valence-electron chi connectivity index (χ1n) is 14.5. The minimum Gasteiger partial charge on any atom is -1.00 e. The van der Waals surface area contributed by atoms with E-state index in [1.807, 2.05) is 18.2 Å². The summed E-state index contributed by atoms with van der Waals surface area (Å²) in [6.45, 7) is 0. The average Bonchev–Trinajstić information content (AvgIpc) is 3.10. The van der Waals surface area contributed by atoms with Crippen LogP contribution in [0, 0.1) is 22.7 Å². The lowest BCUT2D eigenvalue weighted by Gasteiger charge is -2.25. The van der Waals surface area contributed by atoms with Gasteiger partial charge in [-0.2, -0.15) is 10.5 Å². The van der Waals surface area contributed by atoms with Crippen molar-refractivity contribution in [3.8, 4) is 23.6 Å². The van der Waals surface area contributed by atoms with Crippen molar-refractivity contribution in [3.05, 3.63) is 157 Å². The number of nitrogens with zero attached hydrogens (tertiary/aromatic N) is 2. The summed E-state index contributed by atoms with van der Waals surface area (Å²) < 4.78 is 77.8. The van der Waals surface area contributed by atoms with E-state index in [2.05, 4.69) is 88.3 Å². The maximum absolute atomic E-state index is 11.8. The molecule has 0 radical (unpaired) electrons. The van der Waals surface area contributed by atoms with E-state index in [-0.39, 0.29) is 23.7 Å². The molecule has 5 rings (SSSR count). The van der Waals surface area contributed by atoms with Gasteiger partial charge in [-0.25, -0.2) is 0 Å². The molecule has 0 aromatic heterocycles. The van der Waals surface area contributed by atoms with Crippen molar-refractivity contribution in [2.24, 2.45) is 0 Å². The molecule has 0 saturated carbocycles. The normalized spacial score (nSPS) is 10.8. The summed E-state index contributed by atoms with van der Waals surface area (Å²) in [4.78, 5) is 10.2. The molecule has 0 aliphatic rings. The largest absolute Gasteiger partial charge is 1.00 e. The molecule has 0 aliphatic heterocycles. The van der Waals surface area contributed by atoms with E-state index in [1.165, 1.54) is 58.4 Å². The first-order valence-corrected chi connectivity index (χ1v) is 16.5. The van der Waals surface area contributed by atoms with Gasteiger partial charge < -0.3 is 21.9 Å². The fourth-order valence-electron chi connectivity index (χ4n) is 4.61. The number of carbonyl (C=O) groups excluding carboxylic acids is 1. The second-order valence-electron chi connectivity index (χ2n) is 9.95. The molecule has 0 fully saturated rings. The van der Waals surface area contributed by atoms with Crippen LogP contribution in [0.2, 0.25) is 0 Å². The standard InChI is InChI=1S/C20H17NP.C10H6F3NO.C8H5F3O2.ClH/c21-16-17-22(18-10-4-1-5-11-18,19-12-6-2-7-13-19)20-14-8-3-9-15-20;11-10(12,13)15-9-5-1-3-8(7-9)4-2-6-14;9-8(10,11)13-7-3-1-2-6(4-7)5-12;/h1-15H,17H2;1-5,7H;1-5H;1H/q+1;;;/p-1. The Morgan fingerprint density at radius 1 is 0.588 bits per heavy atom. The minimum atomic E-state index is -4.72. The summed E-state index contributed by atoms with van der Waals surface area (Å²) in [5.74, 6) is -0.695. The topological polar surface area (TPSA) is 83.1 Å². The molecule has 262 valence electrons. The number of alkyl halides is 6. The lowest BCUT2D eigenvalue weighted by atomic mass is 10.2. The summed E-state index contributed by atoms with van der Waals surface area (Å²) in [5, 5.41) is 21.6. The van der Waals surface area contributed by atoms with Crippen LogP contribution in [-0.2, 0) is 0 Å². The van der Waals surface area contributed by atoms with E-state index in [0.29, 0.717) is 18.0 Å². The molecule has 13 heteroatoms. The molecular weight excluding hydrogens is 713 g/mol. The number of hydrogen-bond acceptors (Lipinski definition) is 5. The van der Waals surface area contributed by atoms with Gasteiger partial charge in [-0.3, -0.25) is 4.79 Å². The van der Waals surface area contributed by atoms with Crippen LogP contribution in [0.4, 0.5) is 26.3 Å². The molecule has 0 amide bonds. The number of hydrogen-bond donors (Lipinski definition) is 0. The lowest BCUT2D eigenvalue weighted by Crippen LogP contribution is -3.00. The Balaban J connectivity index is 0.000000275. The number of allylic oxidation sites excluding steroid dienone is 1. The smallest absolute Gasteiger partial charge is 0.573 e. The summed E-state index contributed by atoms with van der Waals surface area (Å²) in [5.41, 5.74) is 0.611. The number of aldehydes is 1. The number of halogens is 7. The van der Waals surface area contributed by atoms with Crippen LogP contribution < -0.4 is 37.8 Å². The highest BCUT2D eigenvalue weighted by Crippen LogP contribution is 2.54. The van der Waals surface area contributed by atoms with Gasteiger partial charge in [0.15, 0.2) is 6.16 Å². The van der Waals surface area contributed by atoms with Gasteiger partial charge in [-0.15, -0.1) is 26.3 Å². The molecule has 5 nitrogen and oxygen atoms in total. The second-order valence-corrected chi connectivity index (χ2v) is 13.4. The number of ether oxygens (including phenoxy) is 2. The Labute approximate surface area is 297 Å². The molecule has 0 bridgehead atoms. The molecule has 0 unspecified atom stereocenters. The van der Waals surface area contributed by atoms with E-state index in [1.54, 1.807) is 12.1 Å². The van der Waals surface area contributed by atoms with Gasteiger partial charge in [0.1, 0.15) is 47.0 Å². The van der Waals surface area contributed by atoms with Crippen molar-refractivity contribution in [3.63, 3.8) is 0 Å². The number of rotatable bonds is 8. The monoisotopic (exact) mass is 740 g/mol. The van der Waals surface area contributed by atoms with Gasteiger partial charge in [0.2, 0.25) is 0 Å². The Kier molecular flexibility index (Phi) is 16.4. The van der Waals surface area contributed by atoms with Gasteiger partial charge in [0.25, 0.3) is 0 Å². The molecule has 0 spiro atoms. The first-order chi connectivity index (χ1) is 23.9. The number of benzene rings is 5. The zero-order valence-electron chi connectivity index (χ0n) is 26.4. The van der Waals surface area contributed by atoms with E-state index in [9.17, 15) is 36.4 Å². The summed E-state index contributed by atoms with van der Waals surface area (Å²) in [7, 11) is -1.91. The highest BCUT2D eigenvalue weighted by atomic mass is 35.5. The van der Waals surface area contributed by atoms with Crippen molar-refractivity contribution in [1.29, 1.82) is 10.5 Å². The van der Waals surface area contributed by atoms with E-state index in [0.717, 1.165) is 12.1 Å². The predicted octanol–water partition coefficient (Wildman–Crippen LogP) is 6.03. The van der Waals surface area contributed by atoms with Gasteiger partial charge in [-0.1, -0.05) is 78.9 Å². The molecule has 0 atom stereocenters. The van der Waals surface area contributed by atoms with E-state index < -0.39 is 25.7 Å². The van der Waals surface area contributed by atoms with Crippen molar-refractivity contribution < 1.29 is 53.0 Å². The van der Waals surface area contributed by atoms with Crippen molar-refractivity contribution >= 4 is 35.5 Å². The predicted molar refractivity (Wildman–Crippen MR) is 182 cm³/mol. The van der Waals surface area contributed by atoms with Gasteiger partial charge in [0, 0.05) is 11.6 Å². The molecule has 0 heterocycles. The van der Waals surface area contributed by atoms with Gasteiger partial charge >= 0.3 is 12.7 Å². The molecule has 0 aliphatic carbocycles. The van der Waals surface area contributed by atoms with E-state index in [4.69, 9.17) is 5.26 Å². The van der Waals surface area contributed by atoms with Crippen LogP contribution in [-0.4, -0.2) is 25.2 Å². The highest BCUT2D eigenvalue weighted by molar-refractivity contribution is 7.95. The van der Waals surface area contributed by atoms with Crippen LogP contribution in [0.3, 0.4) is 0 Å². The maximum Gasteiger partial charge on any atom is 0.573 e. The molecule has 0 saturated heterocycles. The number of carbonyl (C=O) groups is 1. The van der Waals surface area contributed by atoms with Crippen LogP contribution in [0.5, 0.6) is 11.5 Å². The summed E-state index contributed by atoms with van der Waals surface area (Å²) in [6.07, 6.45) is -5.89. The fourth-order valence-corrected chi connectivity index (χ4v) is 8.31. The Morgan fingerprint density at radius 2 is 0.980 bits per heavy atom. The van der Waals surface area contributed by atoms with Gasteiger partial charge in [0.05, 0.1) is 6.07 Å². The zero-order chi connectivity index (χ0) is 36.5. The van der Waals surface area contributed by atoms with Crippen molar-refractivity contribution in [2.75, 3.05) is 6.16 Å². The molecule has 0 N–H and O–H groups in total. The molecule has 5 aromatic rings. The first kappa shape index (κ1) is 41.6. The van der Waals surface area contributed by atoms with Crippen molar-refractivity contribution in [2.45, 2.75) is 12.7 Å². The maximum atomic E-state index is 11.8. The van der Waals surface area contributed by atoms with Crippen LogP contribution in [0.1, 0.15) is 15.9 Å². The Hall–Kier alpha value is -5.61. The van der Waals surface area contributed by atoms with Crippen molar-refractivity contribution in [1.82, 2.24) is 0 Å². The average molecular weight is 741 g/mol. The fraction of sp³-hybridized carbons (Fsp3) is 0.0789. The molecule has 5 aromatic carbocycles. The SMILES string of the molecule is N#CC=Cc1cccc(OC(F)(F)F)c1.N#CC[P+](c1ccccc1)(c1ccccc1)c1ccccc1.O=Cc1cccc(OC(F)(F)F)c1.[Cl-]. The molecular formula is C38H28ClF6N2O3P. The Bertz CT molecular complexity index is 1820. The number of nitriles is 2.